The second-order valence-corrected chi connectivity index (χ2v) is 8.94. The number of benzene rings is 3. The summed E-state index contributed by atoms with van der Waals surface area (Å²) >= 11 is 0. The maximum absolute atomic E-state index is 12.9. The number of amides is 4. The first-order valence-electron chi connectivity index (χ1n) is 12.3. The standard InChI is InChI=1S/C29H27N3O7/c1-4-38-29(37)39-21-12-9-18(10-13-21)26(34)31-24-8-6-5-7-20(24)16-30-25(33)19-11-14-22-23(15-19)28(36)32(17(2)3)27(22)35/h5-15,17H,4,16H2,1-3H3,(H,30,33)(H,31,34). The van der Waals surface area contributed by atoms with Crippen LogP contribution in [0.15, 0.2) is 66.7 Å². The highest BCUT2D eigenvalue weighted by atomic mass is 16.7. The molecule has 0 unspecified atom stereocenters. The third kappa shape index (κ3) is 5.96. The molecule has 0 saturated carbocycles. The Morgan fingerprint density at radius 3 is 2.21 bits per heavy atom. The van der Waals surface area contributed by atoms with Crippen LogP contribution in [0.3, 0.4) is 0 Å². The van der Waals surface area contributed by atoms with Gasteiger partial charge < -0.3 is 20.1 Å². The molecule has 4 rings (SSSR count). The first kappa shape index (κ1) is 27.1. The number of para-hydroxylation sites is 1. The van der Waals surface area contributed by atoms with Crippen molar-refractivity contribution in [2.24, 2.45) is 0 Å². The fourth-order valence-corrected chi connectivity index (χ4v) is 4.06. The fourth-order valence-electron chi connectivity index (χ4n) is 4.06. The molecule has 0 radical (unpaired) electrons. The van der Waals surface area contributed by atoms with Crippen LogP contribution in [-0.2, 0) is 11.3 Å². The molecule has 2 N–H and O–H groups in total. The van der Waals surface area contributed by atoms with Crippen LogP contribution in [0.5, 0.6) is 5.75 Å². The van der Waals surface area contributed by atoms with E-state index < -0.39 is 23.9 Å². The predicted octanol–water partition coefficient (Wildman–Crippen LogP) is 4.41. The summed E-state index contributed by atoms with van der Waals surface area (Å²) in [6, 6.07) is 17.1. The van der Waals surface area contributed by atoms with Gasteiger partial charge in [-0.1, -0.05) is 18.2 Å². The van der Waals surface area contributed by atoms with Crippen molar-refractivity contribution in [2.75, 3.05) is 11.9 Å². The van der Waals surface area contributed by atoms with Crippen molar-refractivity contribution in [3.8, 4) is 5.75 Å². The summed E-state index contributed by atoms with van der Waals surface area (Å²) in [5, 5.41) is 5.62. The molecule has 10 nitrogen and oxygen atoms in total. The Morgan fingerprint density at radius 1 is 0.846 bits per heavy atom. The van der Waals surface area contributed by atoms with Crippen LogP contribution in [0, 0.1) is 0 Å². The lowest BCUT2D eigenvalue weighted by atomic mass is 10.1. The molecule has 1 heterocycles. The highest BCUT2D eigenvalue weighted by Gasteiger charge is 2.37. The first-order valence-corrected chi connectivity index (χ1v) is 12.3. The summed E-state index contributed by atoms with van der Waals surface area (Å²) in [4.78, 5) is 63.5. The lowest BCUT2D eigenvalue weighted by molar-refractivity contribution is 0.0608. The van der Waals surface area contributed by atoms with Gasteiger partial charge in [0.1, 0.15) is 5.75 Å². The summed E-state index contributed by atoms with van der Waals surface area (Å²) in [7, 11) is 0. The normalized spacial score (nSPS) is 12.3. The molecule has 4 amide bonds. The Morgan fingerprint density at radius 2 is 1.51 bits per heavy atom. The molecule has 200 valence electrons. The number of hydrogen-bond acceptors (Lipinski definition) is 7. The van der Waals surface area contributed by atoms with Gasteiger partial charge in [0, 0.05) is 29.4 Å². The first-order chi connectivity index (χ1) is 18.7. The molecule has 0 saturated heterocycles. The van der Waals surface area contributed by atoms with Gasteiger partial charge in [-0.05, 0) is 74.9 Å². The topological polar surface area (TPSA) is 131 Å². The van der Waals surface area contributed by atoms with Crippen molar-refractivity contribution >= 4 is 35.5 Å². The summed E-state index contributed by atoms with van der Waals surface area (Å²) in [6.45, 7) is 5.45. The SMILES string of the molecule is CCOC(=O)Oc1ccc(C(=O)Nc2ccccc2CNC(=O)c2ccc3c(c2)C(=O)N(C(C)C)C3=O)cc1. The number of carbonyl (C=O) groups excluding carboxylic acids is 5. The maximum atomic E-state index is 12.9. The zero-order chi connectivity index (χ0) is 28.1. The summed E-state index contributed by atoms with van der Waals surface area (Å²) in [6.07, 6.45) is -0.830. The molecule has 1 aliphatic heterocycles. The predicted molar refractivity (Wildman–Crippen MR) is 142 cm³/mol. The van der Waals surface area contributed by atoms with Crippen molar-refractivity contribution in [2.45, 2.75) is 33.4 Å². The second-order valence-electron chi connectivity index (χ2n) is 8.94. The van der Waals surface area contributed by atoms with E-state index in [0.717, 1.165) is 0 Å². The third-order valence-corrected chi connectivity index (χ3v) is 5.98. The van der Waals surface area contributed by atoms with E-state index >= 15 is 0 Å². The van der Waals surface area contributed by atoms with Gasteiger partial charge in [-0.15, -0.1) is 0 Å². The number of nitrogens with zero attached hydrogens (tertiary/aromatic N) is 1. The fraction of sp³-hybridized carbons (Fsp3) is 0.207. The van der Waals surface area contributed by atoms with E-state index in [1.165, 1.54) is 47.4 Å². The molecule has 3 aromatic rings. The zero-order valence-electron chi connectivity index (χ0n) is 21.6. The van der Waals surface area contributed by atoms with E-state index in [1.807, 2.05) is 0 Å². The molecule has 0 bridgehead atoms. The average molecular weight is 530 g/mol. The number of ether oxygens (including phenoxy) is 2. The van der Waals surface area contributed by atoms with Gasteiger partial charge in [-0.25, -0.2) is 4.79 Å². The lowest BCUT2D eigenvalue weighted by Gasteiger charge is -2.17. The monoisotopic (exact) mass is 529 g/mol. The number of hydrogen-bond donors (Lipinski definition) is 2. The van der Waals surface area contributed by atoms with Crippen LogP contribution in [0.25, 0.3) is 0 Å². The van der Waals surface area contributed by atoms with Crippen molar-refractivity contribution in [1.29, 1.82) is 0 Å². The van der Waals surface area contributed by atoms with E-state index in [2.05, 4.69) is 10.6 Å². The van der Waals surface area contributed by atoms with Crippen molar-refractivity contribution in [3.63, 3.8) is 0 Å². The van der Waals surface area contributed by atoms with E-state index in [4.69, 9.17) is 9.47 Å². The van der Waals surface area contributed by atoms with Gasteiger partial charge in [-0.2, -0.15) is 0 Å². The highest BCUT2D eigenvalue weighted by Crippen LogP contribution is 2.26. The van der Waals surface area contributed by atoms with Crippen LogP contribution < -0.4 is 15.4 Å². The van der Waals surface area contributed by atoms with Crippen LogP contribution in [0.4, 0.5) is 10.5 Å². The van der Waals surface area contributed by atoms with Gasteiger partial charge in [-0.3, -0.25) is 24.1 Å². The third-order valence-electron chi connectivity index (χ3n) is 5.98. The number of imide groups is 1. The molecular formula is C29H27N3O7. The van der Waals surface area contributed by atoms with Gasteiger partial charge in [0.15, 0.2) is 0 Å². The molecule has 0 aromatic heterocycles. The smallest absolute Gasteiger partial charge is 0.434 e. The van der Waals surface area contributed by atoms with Crippen LogP contribution in [0.1, 0.15) is 67.8 Å². The molecular weight excluding hydrogens is 502 g/mol. The minimum atomic E-state index is -0.830. The van der Waals surface area contributed by atoms with E-state index in [9.17, 15) is 24.0 Å². The molecule has 39 heavy (non-hydrogen) atoms. The molecule has 0 aliphatic carbocycles. The van der Waals surface area contributed by atoms with Gasteiger partial charge >= 0.3 is 6.16 Å². The molecule has 0 atom stereocenters. The van der Waals surface area contributed by atoms with Crippen LogP contribution >= 0.6 is 0 Å². The van der Waals surface area contributed by atoms with E-state index in [1.54, 1.807) is 45.0 Å². The van der Waals surface area contributed by atoms with Gasteiger partial charge in [0.05, 0.1) is 17.7 Å². The minimum absolute atomic E-state index is 0.101. The quantitative estimate of drug-likeness (QED) is 0.251. The molecule has 0 spiro atoms. The van der Waals surface area contributed by atoms with Crippen molar-refractivity contribution in [3.05, 3.63) is 94.5 Å². The maximum Gasteiger partial charge on any atom is 0.513 e. The molecule has 10 heteroatoms. The largest absolute Gasteiger partial charge is 0.513 e. The number of fused-ring (bicyclic) bond motifs is 1. The van der Waals surface area contributed by atoms with Crippen molar-refractivity contribution < 1.29 is 33.4 Å². The summed E-state index contributed by atoms with van der Waals surface area (Å²) in [5.41, 5.74) is 2.20. The summed E-state index contributed by atoms with van der Waals surface area (Å²) < 4.78 is 9.72. The van der Waals surface area contributed by atoms with Crippen LogP contribution in [-0.4, -0.2) is 47.3 Å². The van der Waals surface area contributed by atoms with Gasteiger partial charge in [0.2, 0.25) is 0 Å². The minimum Gasteiger partial charge on any atom is -0.434 e. The van der Waals surface area contributed by atoms with Crippen LogP contribution in [0.2, 0.25) is 0 Å². The summed E-state index contributed by atoms with van der Waals surface area (Å²) in [5.74, 6) is -1.38. The molecule has 3 aromatic carbocycles. The highest BCUT2D eigenvalue weighted by molar-refractivity contribution is 6.22. The Kier molecular flexibility index (Phi) is 8.04. The number of carbonyl (C=O) groups is 5. The van der Waals surface area contributed by atoms with Crippen molar-refractivity contribution in [1.82, 2.24) is 10.2 Å². The number of rotatable bonds is 8. The number of anilines is 1. The number of nitrogens with one attached hydrogen (secondary N) is 2. The van der Waals surface area contributed by atoms with E-state index in [0.29, 0.717) is 16.8 Å². The van der Waals surface area contributed by atoms with Gasteiger partial charge in [0.25, 0.3) is 23.6 Å². The molecule has 0 fully saturated rings. The zero-order valence-corrected chi connectivity index (χ0v) is 21.6. The second kappa shape index (κ2) is 11.6. The lowest BCUT2D eigenvalue weighted by Crippen LogP contribution is -2.35. The Labute approximate surface area is 224 Å². The Hall–Kier alpha value is -4.99. The Bertz CT molecular complexity index is 1450. The Balaban J connectivity index is 1.41. The average Bonchev–Trinajstić information content (AvgIpc) is 3.17. The molecule has 1 aliphatic rings. The van der Waals surface area contributed by atoms with E-state index in [-0.39, 0.29) is 47.5 Å².